The van der Waals surface area contributed by atoms with Gasteiger partial charge in [0.25, 0.3) is 0 Å². The molecule has 4 atom stereocenters. The number of carbonyl (C=O) groups excluding carboxylic acids is 4. The number of amides is 4. The van der Waals surface area contributed by atoms with Crippen molar-refractivity contribution in [1.29, 1.82) is 0 Å². The van der Waals surface area contributed by atoms with Gasteiger partial charge in [-0.25, -0.2) is 0 Å². The molecular weight excluding hydrogens is 384 g/mol. The molecule has 3 aliphatic heterocycles. The van der Waals surface area contributed by atoms with E-state index in [1.807, 2.05) is 0 Å². The van der Waals surface area contributed by atoms with Crippen LogP contribution in [0.5, 0.6) is 0 Å². The summed E-state index contributed by atoms with van der Waals surface area (Å²) < 4.78 is 0. The minimum Gasteiger partial charge on any atom is -0.370 e. The summed E-state index contributed by atoms with van der Waals surface area (Å²) in [5, 5.41) is 6.30. The molecule has 8 nitrogen and oxygen atoms in total. The van der Waals surface area contributed by atoms with Crippen LogP contribution in [0.25, 0.3) is 0 Å². The van der Waals surface area contributed by atoms with Crippen LogP contribution in [0.2, 0.25) is 5.02 Å². The van der Waals surface area contributed by atoms with Crippen LogP contribution in [0.4, 0.5) is 5.69 Å². The number of benzene rings is 1. The fourth-order valence-electron chi connectivity index (χ4n) is 4.83. The van der Waals surface area contributed by atoms with E-state index in [4.69, 9.17) is 17.3 Å². The van der Waals surface area contributed by atoms with Gasteiger partial charge in [0.05, 0.1) is 11.8 Å². The first kappa shape index (κ1) is 18.9. The van der Waals surface area contributed by atoms with Gasteiger partial charge in [-0.05, 0) is 39.0 Å². The Kier molecular flexibility index (Phi) is 3.90. The van der Waals surface area contributed by atoms with Crippen molar-refractivity contribution in [2.45, 2.75) is 44.3 Å². The standard InChI is InChI=1S/C19H21ClN4O4/c1-18(2,3)24-15(26)13-11(7-12(21)25)23-19(14(13)16(24)27)9-6-8(20)4-5-10(9)22-17(19)28/h4-6,11,13-14,23H,7H2,1-3H3,(H2,21,25)(H,22,28)/t11-,13+,14-,19+/m0/s1. The van der Waals surface area contributed by atoms with Gasteiger partial charge < -0.3 is 11.1 Å². The molecule has 3 aliphatic rings. The van der Waals surface area contributed by atoms with Gasteiger partial charge >= 0.3 is 0 Å². The lowest BCUT2D eigenvalue weighted by molar-refractivity contribution is -0.147. The number of nitrogens with two attached hydrogens (primary N) is 1. The van der Waals surface area contributed by atoms with E-state index in [1.165, 1.54) is 4.90 Å². The maximum absolute atomic E-state index is 13.4. The van der Waals surface area contributed by atoms with Crippen LogP contribution < -0.4 is 16.4 Å². The third kappa shape index (κ3) is 2.34. The van der Waals surface area contributed by atoms with Gasteiger partial charge in [0.15, 0.2) is 0 Å². The van der Waals surface area contributed by atoms with Gasteiger partial charge in [-0.2, -0.15) is 0 Å². The topological polar surface area (TPSA) is 122 Å². The zero-order valence-electron chi connectivity index (χ0n) is 15.7. The number of nitrogens with one attached hydrogen (secondary N) is 2. The van der Waals surface area contributed by atoms with Crippen molar-refractivity contribution >= 4 is 40.9 Å². The summed E-state index contributed by atoms with van der Waals surface area (Å²) in [4.78, 5) is 52.6. The summed E-state index contributed by atoms with van der Waals surface area (Å²) in [7, 11) is 0. The number of likely N-dealkylation sites (tertiary alicyclic amines) is 1. The lowest BCUT2D eigenvalue weighted by Crippen LogP contribution is -2.56. The molecule has 4 N–H and O–H groups in total. The Bertz CT molecular complexity index is 940. The van der Waals surface area contributed by atoms with Crippen molar-refractivity contribution in [1.82, 2.24) is 10.2 Å². The van der Waals surface area contributed by atoms with Crippen LogP contribution in [0, 0.1) is 11.8 Å². The van der Waals surface area contributed by atoms with Crippen LogP contribution in [-0.2, 0) is 24.7 Å². The monoisotopic (exact) mass is 404 g/mol. The van der Waals surface area contributed by atoms with E-state index in [0.29, 0.717) is 16.3 Å². The van der Waals surface area contributed by atoms with Crippen LogP contribution in [-0.4, -0.2) is 40.1 Å². The fraction of sp³-hybridized carbons (Fsp3) is 0.474. The van der Waals surface area contributed by atoms with Gasteiger partial charge in [0.1, 0.15) is 5.54 Å². The molecule has 0 aromatic heterocycles. The molecule has 0 aliphatic carbocycles. The molecular formula is C19H21ClN4O4. The highest BCUT2D eigenvalue weighted by Crippen LogP contribution is 2.54. The number of imide groups is 1. The van der Waals surface area contributed by atoms with Gasteiger partial charge in [0, 0.05) is 34.3 Å². The second kappa shape index (κ2) is 5.78. The third-order valence-corrected chi connectivity index (χ3v) is 6.00. The van der Waals surface area contributed by atoms with Crippen molar-refractivity contribution in [2.75, 3.05) is 5.32 Å². The number of anilines is 1. The van der Waals surface area contributed by atoms with Crippen LogP contribution in [0.1, 0.15) is 32.8 Å². The summed E-state index contributed by atoms with van der Waals surface area (Å²) >= 11 is 6.16. The Hall–Kier alpha value is -2.45. The molecule has 1 aromatic rings. The maximum atomic E-state index is 13.4. The predicted molar refractivity (Wildman–Crippen MR) is 101 cm³/mol. The second-order valence-corrected chi connectivity index (χ2v) is 9.00. The Morgan fingerprint density at radius 2 is 1.93 bits per heavy atom. The Morgan fingerprint density at radius 3 is 2.54 bits per heavy atom. The normalized spacial score (nSPS) is 31.4. The SMILES string of the molecule is CC(C)(C)N1C(=O)[C@@H]2[C@H](CC(N)=O)N[C@@]3(C(=O)Nc4ccc(Cl)cc43)[C@@H]2C1=O. The highest BCUT2D eigenvalue weighted by molar-refractivity contribution is 6.31. The van der Waals surface area contributed by atoms with Crippen molar-refractivity contribution in [3.63, 3.8) is 0 Å². The summed E-state index contributed by atoms with van der Waals surface area (Å²) in [6, 6.07) is 4.17. The Morgan fingerprint density at radius 1 is 1.25 bits per heavy atom. The molecule has 1 spiro atoms. The number of fused-ring (bicyclic) bond motifs is 4. The Labute approximate surface area is 166 Å². The number of nitrogens with zero attached hydrogens (tertiary/aromatic N) is 1. The van der Waals surface area contributed by atoms with E-state index < -0.39 is 52.6 Å². The predicted octanol–water partition coefficient (Wildman–Crippen LogP) is 0.734. The molecule has 1 aromatic carbocycles. The molecule has 4 rings (SSSR count). The van der Waals surface area contributed by atoms with E-state index in [-0.39, 0.29) is 6.42 Å². The van der Waals surface area contributed by atoms with Crippen molar-refractivity contribution in [3.8, 4) is 0 Å². The first-order valence-corrected chi connectivity index (χ1v) is 9.41. The minimum atomic E-state index is -1.47. The summed E-state index contributed by atoms with van der Waals surface area (Å²) in [6.45, 7) is 5.27. The third-order valence-electron chi connectivity index (χ3n) is 5.77. The number of hydrogen-bond donors (Lipinski definition) is 3. The van der Waals surface area contributed by atoms with Crippen LogP contribution in [0.3, 0.4) is 0 Å². The molecule has 0 bridgehead atoms. The molecule has 2 fully saturated rings. The quantitative estimate of drug-likeness (QED) is 0.627. The van der Waals surface area contributed by atoms with E-state index in [2.05, 4.69) is 10.6 Å². The van der Waals surface area contributed by atoms with E-state index in [1.54, 1.807) is 39.0 Å². The zero-order valence-corrected chi connectivity index (χ0v) is 16.5. The van der Waals surface area contributed by atoms with E-state index in [0.717, 1.165) is 0 Å². The van der Waals surface area contributed by atoms with Crippen molar-refractivity contribution < 1.29 is 19.2 Å². The molecule has 0 saturated carbocycles. The minimum absolute atomic E-state index is 0.164. The molecule has 0 unspecified atom stereocenters. The highest BCUT2D eigenvalue weighted by atomic mass is 35.5. The van der Waals surface area contributed by atoms with Gasteiger partial charge in [-0.1, -0.05) is 11.6 Å². The largest absolute Gasteiger partial charge is 0.370 e. The number of hydrogen-bond acceptors (Lipinski definition) is 5. The van der Waals surface area contributed by atoms with Crippen molar-refractivity contribution in [3.05, 3.63) is 28.8 Å². The van der Waals surface area contributed by atoms with Crippen LogP contribution in [0.15, 0.2) is 18.2 Å². The summed E-state index contributed by atoms with van der Waals surface area (Å²) in [5.74, 6) is -3.75. The first-order valence-electron chi connectivity index (χ1n) is 9.04. The number of primary amides is 1. The van der Waals surface area contributed by atoms with Gasteiger partial charge in [0.2, 0.25) is 23.6 Å². The zero-order chi connectivity index (χ0) is 20.6. The molecule has 3 heterocycles. The lowest BCUT2D eigenvalue weighted by atomic mass is 9.76. The highest BCUT2D eigenvalue weighted by Gasteiger charge is 2.71. The smallest absolute Gasteiger partial charge is 0.250 e. The maximum Gasteiger partial charge on any atom is 0.250 e. The average molecular weight is 405 g/mol. The van der Waals surface area contributed by atoms with E-state index >= 15 is 0 Å². The summed E-state index contributed by atoms with van der Waals surface area (Å²) in [5.41, 5.74) is 4.18. The molecule has 0 radical (unpaired) electrons. The molecule has 9 heteroatoms. The van der Waals surface area contributed by atoms with Crippen LogP contribution >= 0.6 is 11.6 Å². The number of carbonyl (C=O) groups is 4. The Balaban J connectivity index is 1.92. The second-order valence-electron chi connectivity index (χ2n) is 8.56. The van der Waals surface area contributed by atoms with Gasteiger partial charge in [-0.15, -0.1) is 0 Å². The fourth-order valence-corrected chi connectivity index (χ4v) is 5.00. The number of halogens is 1. The molecule has 148 valence electrons. The first-order chi connectivity index (χ1) is 13.0. The number of rotatable bonds is 2. The lowest BCUT2D eigenvalue weighted by Gasteiger charge is -2.34. The molecule has 4 amide bonds. The molecule has 2 saturated heterocycles. The summed E-state index contributed by atoms with van der Waals surface area (Å²) in [6.07, 6.45) is -0.164. The average Bonchev–Trinajstić information content (AvgIpc) is 3.12. The van der Waals surface area contributed by atoms with E-state index in [9.17, 15) is 19.2 Å². The van der Waals surface area contributed by atoms with Gasteiger partial charge in [-0.3, -0.25) is 29.4 Å². The van der Waals surface area contributed by atoms with Crippen molar-refractivity contribution in [2.24, 2.45) is 17.6 Å². The molecule has 28 heavy (non-hydrogen) atoms.